The van der Waals surface area contributed by atoms with Gasteiger partial charge in [0, 0.05) is 25.2 Å². The molecule has 1 unspecified atom stereocenters. The number of carboxylic acids is 1. The highest BCUT2D eigenvalue weighted by molar-refractivity contribution is 7.07. The smallest absolute Gasteiger partial charge is 0.490 e. The van der Waals surface area contributed by atoms with E-state index in [1.807, 2.05) is 19.1 Å². The van der Waals surface area contributed by atoms with Crippen LogP contribution in [-0.2, 0) is 11.3 Å². The van der Waals surface area contributed by atoms with Gasteiger partial charge in [0.1, 0.15) is 10.6 Å². The fourth-order valence-electron chi connectivity index (χ4n) is 4.71. The number of methoxy groups -OCH3 is 1. The summed E-state index contributed by atoms with van der Waals surface area (Å²) in [4.78, 5) is 27.5. The van der Waals surface area contributed by atoms with E-state index in [2.05, 4.69) is 31.5 Å². The van der Waals surface area contributed by atoms with E-state index in [0.29, 0.717) is 4.88 Å². The highest BCUT2D eigenvalue weighted by Gasteiger charge is 2.45. The number of halogens is 3. The monoisotopic (exact) mass is 514 g/mol. The quantitative estimate of drug-likeness (QED) is 0.655. The molecular formula is C23H29F3N4O4S. The number of benzene rings is 1. The summed E-state index contributed by atoms with van der Waals surface area (Å²) < 4.78 is 41.0. The Labute approximate surface area is 205 Å². The second-order valence-electron chi connectivity index (χ2n) is 8.75. The van der Waals surface area contributed by atoms with E-state index in [4.69, 9.17) is 14.6 Å². The van der Waals surface area contributed by atoms with Crippen molar-refractivity contribution in [1.29, 1.82) is 0 Å². The number of amides is 1. The zero-order valence-corrected chi connectivity index (χ0v) is 20.5. The van der Waals surface area contributed by atoms with Gasteiger partial charge in [0.05, 0.1) is 12.8 Å². The Balaban J connectivity index is 0.000000429. The molecule has 1 N–H and O–H groups in total. The van der Waals surface area contributed by atoms with Crippen LogP contribution in [0.15, 0.2) is 24.3 Å². The number of hydrogen-bond acceptors (Lipinski definition) is 7. The summed E-state index contributed by atoms with van der Waals surface area (Å²) in [7, 11) is 1.70. The number of ether oxygens (including phenoxy) is 1. The fraction of sp³-hybridized carbons (Fsp3) is 0.565. The molecule has 1 spiro atoms. The average Bonchev–Trinajstić information content (AvgIpc) is 3.37. The molecule has 0 saturated carbocycles. The first kappa shape index (κ1) is 26.9. The van der Waals surface area contributed by atoms with Crippen LogP contribution in [0.5, 0.6) is 5.75 Å². The van der Waals surface area contributed by atoms with E-state index in [-0.39, 0.29) is 11.4 Å². The Bertz CT molecular complexity index is 1010. The van der Waals surface area contributed by atoms with Crippen molar-refractivity contribution in [3.8, 4) is 5.75 Å². The molecule has 1 aromatic heterocycles. The van der Waals surface area contributed by atoms with Crippen LogP contribution in [0, 0.1) is 6.92 Å². The van der Waals surface area contributed by atoms with Crippen molar-refractivity contribution in [3.05, 3.63) is 40.4 Å². The van der Waals surface area contributed by atoms with Crippen LogP contribution in [0.3, 0.4) is 0 Å². The maximum atomic E-state index is 13.2. The lowest BCUT2D eigenvalue weighted by Gasteiger charge is -2.38. The van der Waals surface area contributed by atoms with Crippen LogP contribution in [0.2, 0.25) is 0 Å². The number of hydrogen-bond donors (Lipinski definition) is 1. The zero-order valence-electron chi connectivity index (χ0n) is 19.7. The molecule has 0 aliphatic carbocycles. The van der Waals surface area contributed by atoms with Gasteiger partial charge in [0.15, 0.2) is 0 Å². The Morgan fingerprint density at radius 1 is 1.11 bits per heavy atom. The van der Waals surface area contributed by atoms with Crippen molar-refractivity contribution in [2.75, 3.05) is 26.7 Å². The van der Waals surface area contributed by atoms with Gasteiger partial charge < -0.3 is 14.7 Å². The Morgan fingerprint density at radius 3 is 2.29 bits per heavy atom. The normalized spacial score (nSPS) is 20.8. The largest absolute Gasteiger partial charge is 0.497 e. The van der Waals surface area contributed by atoms with Crippen LogP contribution in [-0.4, -0.2) is 74.8 Å². The summed E-state index contributed by atoms with van der Waals surface area (Å²) >= 11 is 1.23. The van der Waals surface area contributed by atoms with Crippen molar-refractivity contribution < 1.29 is 32.6 Å². The maximum Gasteiger partial charge on any atom is 0.490 e. The molecule has 2 fully saturated rings. The van der Waals surface area contributed by atoms with Crippen molar-refractivity contribution in [2.24, 2.45) is 0 Å². The maximum absolute atomic E-state index is 13.2. The molecule has 1 atom stereocenters. The average molecular weight is 515 g/mol. The van der Waals surface area contributed by atoms with Crippen molar-refractivity contribution >= 4 is 23.4 Å². The first-order valence-electron chi connectivity index (χ1n) is 11.3. The molecule has 12 heteroatoms. The van der Waals surface area contributed by atoms with Crippen LogP contribution in [0.4, 0.5) is 13.2 Å². The predicted octanol–water partition coefficient (Wildman–Crippen LogP) is 4.15. The first-order chi connectivity index (χ1) is 16.6. The lowest BCUT2D eigenvalue weighted by Crippen LogP contribution is -2.47. The van der Waals surface area contributed by atoms with Gasteiger partial charge in [-0.25, -0.2) is 4.79 Å². The van der Waals surface area contributed by atoms with E-state index < -0.39 is 12.1 Å². The number of rotatable bonds is 4. The number of carboxylic acid groups (broad SMARTS) is 1. The third-order valence-corrected chi connectivity index (χ3v) is 7.32. The summed E-state index contributed by atoms with van der Waals surface area (Å²) in [6.45, 7) is 5.79. The van der Waals surface area contributed by atoms with Crippen LogP contribution < -0.4 is 4.74 Å². The summed E-state index contributed by atoms with van der Waals surface area (Å²) in [5.41, 5.74) is 2.07. The molecule has 192 valence electrons. The third kappa shape index (κ3) is 6.69. The van der Waals surface area contributed by atoms with Crippen LogP contribution in [0.25, 0.3) is 0 Å². The minimum Gasteiger partial charge on any atom is -0.497 e. The molecule has 35 heavy (non-hydrogen) atoms. The summed E-state index contributed by atoms with van der Waals surface area (Å²) in [5, 5.41) is 11.2. The predicted molar refractivity (Wildman–Crippen MR) is 123 cm³/mol. The summed E-state index contributed by atoms with van der Waals surface area (Å²) in [6.07, 6.45) is 0.374. The lowest BCUT2D eigenvalue weighted by molar-refractivity contribution is -0.192. The molecule has 4 rings (SSSR count). The summed E-state index contributed by atoms with van der Waals surface area (Å²) in [6, 6.07) is 8.34. The molecule has 2 aromatic rings. The number of carbonyl (C=O) groups is 2. The second-order valence-corrected chi connectivity index (χ2v) is 9.51. The highest BCUT2D eigenvalue weighted by atomic mass is 32.1. The Morgan fingerprint density at radius 2 is 1.74 bits per heavy atom. The topological polar surface area (TPSA) is 95.9 Å². The number of aliphatic carboxylic acids is 1. The zero-order chi connectivity index (χ0) is 25.6. The van der Waals surface area contributed by atoms with Gasteiger partial charge in [-0.3, -0.25) is 9.69 Å². The van der Waals surface area contributed by atoms with Gasteiger partial charge in [-0.15, -0.1) is 5.10 Å². The molecule has 1 aromatic carbocycles. The van der Waals surface area contributed by atoms with Crippen LogP contribution in [0.1, 0.15) is 53.0 Å². The second kappa shape index (κ2) is 11.3. The van der Waals surface area contributed by atoms with Crippen molar-refractivity contribution in [2.45, 2.75) is 57.3 Å². The molecular weight excluding hydrogens is 485 g/mol. The standard InChI is InChI=1S/C21H28N4O2S.C2HF3O2/c1-16-19(28-23-22-16)20(26)25-13-4-10-21(25)9-3-12-24(14-11-21)15-17-5-7-18(27-2)8-6-17;3-2(4,5)1(6)7/h5-8H,3-4,9-15H2,1-2H3;(H,6,7). The van der Waals surface area contributed by atoms with Gasteiger partial charge in [0.2, 0.25) is 0 Å². The molecule has 0 radical (unpaired) electrons. The lowest BCUT2D eigenvalue weighted by atomic mass is 9.87. The van der Waals surface area contributed by atoms with Gasteiger partial charge in [-0.1, -0.05) is 16.6 Å². The molecule has 8 nitrogen and oxygen atoms in total. The van der Waals surface area contributed by atoms with E-state index in [1.165, 1.54) is 17.1 Å². The Kier molecular flexibility index (Phi) is 8.70. The number of nitrogens with zero attached hydrogens (tertiary/aromatic N) is 4. The number of alkyl halides is 3. The molecule has 3 heterocycles. The molecule has 2 aliphatic rings. The van der Waals surface area contributed by atoms with E-state index in [1.54, 1.807) is 7.11 Å². The summed E-state index contributed by atoms with van der Waals surface area (Å²) in [5.74, 6) is -1.73. The van der Waals surface area contributed by atoms with E-state index in [0.717, 1.165) is 69.7 Å². The number of likely N-dealkylation sites (tertiary alicyclic amines) is 2. The number of carbonyl (C=O) groups excluding carboxylic acids is 1. The van der Waals surface area contributed by atoms with Gasteiger partial charge in [-0.2, -0.15) is 13.2 Å². The fourth-order valence-corrected chi connectivity index (χ4v) is 5.31. The van der Waals surface area contributed by atoms with Gasteiger partial charge >= 0.3 is 12.1 Å². The molecule has 0 bridgehead atoms. The van der Waals surface area contributed by atoms with E-state index in [9.17, 15) is 18.0 Å². The SMILES string of the molecule is COc1ccc(CN2CCCC3(CCCN3C(=O)c3snnc3C)CC2)cc1.O=C(O)C(F)(F)F. The van der Waals surface area contributed by atoms with Crippen molar-refractivity contribution in [3.63, 3.8) is 0 Å². The minimum atomic E-state index is -5.08. The molecule has 2 saturated heterocycles. The van der Waals surface area contributed by atoms with Gasteiger partial charge in [-0.05, 0) is 74.8 Å². The van der Waals surface area contributed by atoms with E-state index >= 15 is 0 Å². The number of aryl methyl sites for hydroxylation is 1. The minimum absolute atomic E-state index is 0.00215. The molecule has 1 amide bonds. The number of aromatic nitrogens is 2. The third-order valence-electron chi connectivity index (χ3n) is 6.50. The van der Waals surface area contributed by atoms with Crippen molar-refractivity contribution in [1.82, 2.24) is 19.4 Å². The highest BCUT2D eigenvalue weighted by Crippen LogP contribution is 2.40. The first-order valence-corrected chi connectivity index (χ1v) is 12.1. The van der Waals surface area contributed by atoms with Gasteiger partial charge in [0.25, 0.3) is 5.91 Å². The Hall–Kier alpha value is -2.73. The van der Waals surface area contributed by atoms with Crippen LogP contribution >= 0.6 is 11.5 Å². The molecule has 2 aliphatic heterocycles.